The standard InChI is InChI=1S/C34H57NO6/c1-2-3-5-9-25-13-14-27(32(38)21-25)10-6-4-7-12-30(33(39)40)31(37)15-17-34(41)22-28(11-8-19-36)29(23-34)20-26-16-18-35-24-26/h13-14,16,24-25,27-32,36-38,41H,2-12,15,17-23H2,1H3,(H,39,40). The molecule has 8 unspecified atom stereocenters. The summed E-state index contributed by atoms with van der Waals surface area (Å²) in [5.41, 5.74) is 0.300. The Bertz CT molecular complexity index is 871. The van der Waals surface area contributed by atoms with Gasteiger partial charge in [-0.25, -0.2) is 0 Å². The molecule has 1 saturated carbocycles. The van der Waals surface area contributed by atoms with Crippen molar-refractivity contribution in [3.63, 3.8) is 0 Å². The zero-order valence-corrected chi connectivity index (χ0v) is 25.4. The van der Waals surface area contributed by atoms with E-state index in [1.165, 1.54) is 24.8 Å². The second-order valence-corrected chi connectivity index (χ2v) is 13.3. The molecule has 0 bridgehead atoms. The molecule has 234 valence electrons. The number of aliphatic carboxylic acids is 1. The zero-order valence-electron chi connectivity index (χ0n) is 25.4. The first-order valence-corrected chi connectivity index (χ1v) is 16.5. The number of nitrogens with zero attached hydrogens (tertiary/aromatic N) is 1. The SMILES string of the molecule is CCCCCC1C=CC(CCCCCC(C(=O)O)C(O)CCC2(O)CC(CCCO)C(CC3=CCN=C3)C2)C(O)C1. The summed E-state index contributed by atoms with van der Waals surface area (Å²) in [6, 6.07) is 0. The summed E-state index contributed by atoms with van der Waals surface area (Å²) in [5.74, 6) is -0.512. The van der Waals surface area contributed by atoms with Gasteiger partial charge in [0.05, 0.1) is 30.3 Å². The van der Waals surface area contributed by atoms with Crippen LogP contribution < -0.4 is 0 Å². The fraction of sp³-hybridized carbons (Fsp3) is 0.824. The molecule has 8 atom stereocenters. The highest BCUT2D eigenvalue weighted by Gasteiger charge is 2.44. The highest BCUT2D eigenvalue weighted by Crippen LogP contribution is 2.47. The molecule has 0 aromatic heterocycles. The highest BCUT2D eigenvalue weighted by atomic mass is 16.4. The van der Waals surface area contributed by atoms with Gasteiger partial charge in [0.2, 0.25) is 0 Å². The lowest BCUT2D eigenvalue weighted by Crippen LogP contribution is -2.32. The van der Waals surface area contributed by atoms with Crippen LogP contribution in [0.4, 0.5) is 0 Å². The fourth-order valence-corrected chi connectivity index (χ4v) is 7.53. The first-order valence-electron chi connectivity index (χ1n) is 16.5. The van der Waals surface area contributed by atoms with E-state index in [9.17, 15) is 30.3 Å². The molecule has 7 nitrogen and oxygen atoms in total. The number of hydrogen-bond acceptors (Lipinski definition) is 6. The van der Waals surface area contributed by atoms with Crippen LogP contribution in [0.15, 0.2) is 28.8 Å². The predicted molar refractivity (Wildman–Crippen MR) is 164 cm³/mol. The van der Waals surface area contributed by atoms with Gasteiger partial charge in [0.15, 0.2) is 0 Å². The third-order valence-corrected chi connectivity index (χ3v) is 9.98. The van der Waals surface area contributed by atoms with Gasteiger partial charge in [-0.3, -0.25) is 9.79 Å². The van der Waals surface area contributed by atoms with Crippen molar-refractivity contribution >= 4 is 12.2 Å². The number of carboxylic acids is 1. The van der Waals surface area contributed by atoms with Crippen LogP contribution in [0.2, 0.25) is 0 Å². The lowest BCUT2D eigenvalue weighted by atomic mass is 9.81. The van der Waals surface area contributed by atoms with E-state index in [4.69, 9.17) is 0 Å². The van der Waals surface area contributed by atoms with E-state index in [-0.39, 0.29) is 25.0 Å². The van der Waals surface area contributed by atoms with E-state index in [0.29, 0.717) is 49.9 Å². The first kappa shape index (κ1) is 34.0. The molecule has 1 aliphatic heterocycles. The van der Waals surface area contributed by atoms with Crippen molar-refractivity contribution in [2.24, 2.45) is 34.6 Å². The van der Waals surface area contributed by atoms with Crippen molar-refractivity contribution in [3.05, 3.63) is 23.8 Å². The maximum absolute atomic E-state index is 12.0. The Morgan fingerprint density at radius 2 is 1.80 bits per heavy atom. The number of aliphatic hydroxyl groups is 4. The van der Waals surface area contributed by atoms with Crippen LogP contribution in [0.5, 0.6) is 0 Å². The first-order chi connectivity index (χ1) is 19.7. The third-order valence-electron chi connectivity index (χ3n) is 9.98. The summed E-state index contributed by atoms with van der Waals surface area (Å²) in [7, 11) is 0. The lowest BCUT2D eigenvalue weighted by molar-refractivity contribution is -0.146. The van der Waals surface area contributed by atoms with Crippen molar-refractivity contribution < 1.29 is 30.3 Å². The number of aliphatic imine (C=N–C) groups is 1. The average Bonchev–Trinajstić information content (AvgIpc) is 3.56. The number of rotatable bonds is 20. The van der Waals surface area contributed by atoms with Crippen LogP contribution in [-0.4, -0.2) is 68.7 Å². The number of aliphatic hydroxyl groups excluding tert-OH is 3. The molecule has 0 radical (unpaired) electrons. The maximum atomic E-state index is 12.0. The second kappa shape index (κ2) is 17.5. The van der Waals surface area contributed by atoms with Gasteiger partial charge in [-0.05, 0) is 94.0 Å². The molecule has 3 rings (SSSR count). The van der Waals surface area contributed by atoms with Gasteiger partial charge < -0.3 is 25.5 Å². The molecule has 7 heteroatoms. The van der Waals surface area contributed by atoms with Crippen molar-refractivity contribution in [2.75, 3.05) is 13.2 Å². The van der Waals surface area contributed by atoms with Crippen molar-refractivity contribution in [3.8, 4) is 0 Å². The lowest BCUT2D eigenvalue weighted by Gasteiger charge is -2.28. The van der Waals surface area contributed by atoms with Crippen LogP contribution in [0, 0.1) is 29.6 Å². The van der Waals surface area contributed by atoms with E-state index in [1.54, 1.807) is 0 Å². The molecule has 0 saturated heterocycles. The average molecular weight is 576 g/mol. The molecular formula is C34H57NO6. The van der Waals surface area contributed by atoms with Crippen molar-refractivity contribution in [2.45, 2.75) is 134 Å². The highest BCUT2D eigenvalue weighted by molar-refractivity contribution is 5.80. The summed E-state index contributed by atoms with van der Waals surface area (Å²) in [5, 5.41) is 52.1. The minimum Gasteiger partial charge on any atom is -0.481 e. The number of carbonyl (C=O) groups is 1. The van der Waals surface area contributed by atoms with E-state index in [2.05, 4.69) is 30.1 Å². The molecule has 5 N–H and O–H groups in total. The molecule has 0 aromatic carbocycles. The summed E-state index contributed by atoms with van der Waals surface area (Å²) in [4.78, 5) is 16.3. The van der Waals surface area contributed by atoms with Gasteiger partial charge in [-0.1, -0.05) is 63.7 Å². The molecule has 3 aliphatic rings. The normalized spacial score (nSPS) is 31.0. The predicted octanol–water partition coefficient (Wildman–Crippen LogP) is 5.84. The number of hydrogen-bond donors (Lipinski definition) is 5. The van der Waals surface area contributed by atoms with Crippen LogP contribution >= 0.6 is 0 Å². The van der Waals surface area contributed by atoms with E-state index < -0.39 is 23.6 Å². The minimum absolute atomic E-state index is 0.141. The van der Waals surface area contributed by atoms with Gasteiger partial charge in [-0.2, -0.15) is 0 Å². The maximum Gasteiger partial charge on any atom is 0.309 e. The van der Waals surface area contributed by atoms with Gasteiger partial charge in [0.1, 0.15) is 0 Å². The molecule has 0 aromatic rings. The van der Waals surface area contributed by atoms with Crippen LogP contribution in [-0.2, 0) is 4.79 Å². The van der Waals surface area contributed by atoms with Gasteiger partial charge in [0, 0.05) is 18.7 Å². The quantitative estimate of drug-likeness (QED) is 0.0915. The van der Waals surface area contributed by atoms with Crippen molar-refractivity contribution in [1.82, 2.24) is 0 Å². The van der Waals surface area contributed by atoms with Crippen LogP contribution in [0.25, 0.3) is 0 Å². The molecule has 1 heterocycles. The van der Waals surface area contributed by atoms with E-state index in [0.717, 1.165) is 57.9 Å². The molecule has 0 amide bonds. The minimum atomic E-state index is -0.983. The second-order valence-electron chi connectivity index (χ2n) is 13.3. The number of carboxylic acid groups (broad SMARTS) is 1. The van der Waals surface area contributed by atoms with Gasteiger partial charge in [-0.15, -0.1) is 0 Å². The summed E-state index contributed by atoms with van der Waals surface area (Å²) in [6.45, 7) is 3.07. The topological polar surface area (TPSA) is 131 Å². The van der Waals surface area contributed by atoms with E-state index in [1.807, 2.05) is 6.21 Å². The van der Waals surface area contributed by atoms with E-state index >= 15 is 0 Å². The molecule has 1 fully saturated rings. The monoisotopic (exact) mass is 575 g/mol. The summed E-state index contributed by atoms with van der Waals surface area (Å²) in [6.07, 6.45) is 21.2. The van der Waals surface area contributed by atoms with Crippen LogP contribution in [0.3, 0.4) is 0 Å². The Labute approximate surface area is 247 Å². The van der Waals surface area contributed by atoms with Crippen LogP contribution in [0.1, 0.15) is 116 Å². The van der Waals surface area contributed by atoms with Crippen molar-refractivity contribution in [1.29, 1.82) is 0 Å². The Morgan fingerprint density at radius 1 is 1.02 bits per heavy atom. The Kier molecular flexibility index (Phi) is 14.5. The number of allylic oxidation sites excluding steroid dienone is 2. The summed E-state index contributed by atoms with van der Waals surface area (Å²) >= 11 is 0. The molecule has 41 heavy (non-hydrogen) atoms. The summed E-state index contributed by atoms with van der Waals surface area (Å²) < 4.78 is 0. The molecule has 0 spiro atoms. The zero-order chi connectivity index (χ0) is 29.7. The molecular weight excluding hydrogens is 518 g/mol. The Hall–Kier alpha value is -1.54. The Morgan fingerprint density at radius 3 is 2.49 bits per heavy atom. The number of unbranched alkanes of at least 4 members (excludes halogenated alkanes) is 4. The largest absolute Gasteiger partial charge is 0.481 e. The fourth-order valence-electron chi connectivity index (χ4n) is 7.53. The molecule has 2 aliphatic carbocycles. The Balaban J connectivity index is 1.40. The van der Waals surface area contributed by atoms with Gasteiger partial charge in [0.25, 0.3) is 0 Å². The third kappa shape index (κ3) is 11.2. The van der Waals surface area contributed by atoms with Gasteiger partial charge >= 0.3 is 5.97 Å². The smallest absolute Gasteiger partial charge is 0.309 e.